The van der Waals surface area contributed by atoms with Gasteiger partial charge in [0.1, 0.15) is 5.82 Å². The highest BCUT2D eigenvalue weighted by atomic mass is 35.5. The molecule has 0 bridgehead atoms. The second-order valence-corrected chi connectivity index (χ2v) is 6.61. The molecule has 3 rings (SSSR count). The minimum absolute atomic E-state index is 0.0226. The van der Waals surface area contributed by atoms with Crippen molar-refractivity contribution in [1.29, 1.82) is 0 Å². The van der Waals surface area contributed by atoms with Crippen molar-refractivity contribution in [2.24, 2.45) is 0 Å². The van der Waals surface area contributed by atoms with Crippen molar-refractivity contribution < 1.29 is 23.1 Å². The number of aromatic nitrogens is 2. The first kappa shape index (κ1) is 20.5. The number of halogens is 2. The number of anilines is 1. The first-order valence-corrected chi connectivity index (χ1v) is 9.08. The Morgan fingerprint density at radius 3 is 2.66 bits per heavy atom. The molecule has 7 nitrogen and oxygen atoms in total. The second-order valence-electron chi connectivity index (χ2n) is 6.20. The van der Waals surface area contributed by atoms with Crippen LogP contribution in [0.1, 0.15) is 17.9 Å². The molecule has 0 aliphatic heterocycles. The summed E-state index contributed by atoms with van der Waals surface area (Å²) >= 11 is 5.64. The fourth-order valence-corrected chi connectivity index (χ4v) is 2.55. The van der Waals surface area contributed by atoms with Gasteiger partial charge in [0.25, 0.3) is 5.91 Å². The number of nitrogens with zero attached hydrogens (tertiary/aromatic N) is 2. The molecule has 1 amide bonds. The van der Waals surface area contributed by atoms with Gasteiger partial charge in [0.15, 0.2) is 6.61 Å². The number of esters is 1. The third-order valence-electron chi connectivity index (χ3n) is 3.88. The molecule has 1 aromatic heterocycles. The van der Waals surface area contributed by atoms with Gasteiger partial charge in [0.05, 0.1) is 11.4 Å². The van der Waals surface area contributed by atoms with E-state index in [1.165, 1.54) is 12.1 Å². The summed E-state index contributed by atoms with van der Waals surface area (Å²) in [6.45, 7) is 1.50. The van der Waals surface area contributed by atoms with Crippen LogP contribution in [0.15, 0.2) is 46.9 Å². The Morgan fingerprint density at radius 1 is 1.17 bits per heavy atom. The van der Waals surface area contributed by atoms with Gasteiger partial charge in [0, 0.05) is 17.7 Å². The predicted octanol–water partition coefficient (Wildman–Crippen LogP) is 3.95. The third kappa shape index (κ3) is 5.86. The maximum atomic E-state index is 13.1. The molecule has 2 aromatic carbocycles. The molecule has 150 valence electrons. The average molecular weight is 418 g/mol. The van der Waals surface area contributed by atoms with Crippen molar-refractivity contribution >= 4 is 29.2 Å². The molecule has 1 N–H and O–H groups in total. The molecule has 0 aliphatic carbocycles. The number of amides is 1. The number of rotatable bonds is 7. The van der Waals surface area contributed by atoms with Crippen LogP contribution in [0.25, 0.3) is 11.5 Å². The fraction of sp³-hybridized carbons (Fsp3) is 0.200. The normalized spacial score (nSPS) is 10.6. The number of hydrogen-bond acceptors (Lipinski definition) is 6. The highest BCUT2D eigenvalue weighted by Gasteiger charge is 2.13. The first-order valence-electron chi connectivity index (χ1n) is 8.70. The summed E-state index contributed by atoms with van der Waals surface area (Å²) in [6, 6.07) is 11.3. The van der Waals surface area contributed by atoms with Crippen LogP contribution in [0.5, 0.6) is 0 Å². The molecule has 0 saturated carbocycles. The maximum Gasteiger partial charge on any atom is 0.306 e. The molecule has 1 heterocycles. The number of aryl methyl sites for hydroxylation is 2. The van der Waals surface area contributed by atoms with E-state index >= 15 is 0 Å². The Balaban J connectivity index is 1.43. The Hall–Kier alpha value is -3.26. The average Bonchev–Trinajstić information content (AvgIpc) is 3.17. The number of hydrogen-bond donors (Lipinski definition) is 1. The number of benzene rings is 2. The lowest BCUT2D eigenvalue weighted by Gasteiger charge is -2.07. The van der Waals surface area contributed by atoms with Gasteiger partial charge in [-0.25, -0.2) is 4.39 Å². The van der Waals surface area contributed by atoms with Crippen LogP contribution in [-0.2, 0) is 20.7 Å². The van der Waals surface area contributed by atoms with E-state index in [1.807, 2.05) is 31.2 Å². The van der Waals surface area contributed by atoms with Crippen LogP contribution in [0.2, 0.25) is 5.02 Å². The van der Waals surface area contributed by atoms with E-state index < -0.39 is 24.3 Å². The summed E-state index contributed by atoms with van der Waals surface area (Å²) in [4.78, 5) is 23.6. The lowest BCUT2D eigenvalue weighted by atomic mass is 10.1. The smallest absolute Gasteiger partial charge is 0.306 e. The summed E-state index contributed by atoms with van der Waals surface area (Å²) in [6.07, 6.45) is 0.165. The van der Waals surface area contributed by atoms with Crippen molar-refractivity contribution in [2.45, 2.75) is 19.8 Å². The van der Waals surface area contributed by atoms with Gasteiger partial charge in [-0.15, -0.1) is 10.2 Å². The number of nitrogens with one attached hydrogen (secondary N) is 1. The highest BCUT2D eigenvalue weighted by molar-refractivity contribution is 6.31. The first-order chi connectivity index (χ1) is 13.9. The zero-order valence-corrected chi connectivity index (χ0v) is 16.2. The van der Waals surface area contributed by atoms with Crippen LogP contribution >= 0.6 is 11.6 Å². The number of carbonyl (C=O) groups excluding carboxylic acids is 2. The standard InChI is InChI=1S/C20H17ClFN3O4/c1-12-2-4-13(5-3-12)20-25-24-18(29-20)8-9-19(27)28-11-17(26)23-14-6-7-16(22)15(21)10-14/h2-7,10H,8-9,11H2,1H3,(H,23,26). The summed E-state index contributed by atoms with van der Waals surface area (Å²) in [5.74, 6) is -1.09. The Morgan fingerprint density at radius 2 is 1.93 bits per heavy atom. The molecule has 29 heavy (non-hydrogen) atoms. The molecule has 9 heteroatoms. The van der Waals surface area contributed by atoms with Crippen LogP contribution < -0.4 is 5.32 Å². The lowest BCUT2D eigenvalue weighted by Crippen LogP contribution is -2.21. The van der Waals surface area contributed by atoms with Gasteiger partial charge in [-0.3, -0.25) is 9.59 Å². The number of carbonyl (C=O) groups is 2. The molecule has 0 unspecified atom stereocenters. The summed E-state index contributed by atoms with van der Waals surface area (Å²) < 4.78 is 23.5. The van der Waals surface area contributed by atoms with Gasteiger partial charge in [-0.2, -0.15) is 0 Å². The van der Waals surface area contributed by atoms with Crippen molar-refractivity contribution in [3.8, 4) is 11.5 Å². The lowest BCUT2D eigenvalue weighted by molar-refractivity contribution is -0.147. The van der Waals surface area contributed by atoms with Crippen molar-refractivity contribution in [3.05, 3.63) is 64.8 Å². The van der Waals surface area contributed by atoms with Crippen LogP contribution in [0.4, 0.5) is 10.1 Å². The highest BCUT2D eigenvalue weighted by Crippen LogP contribution is 2.20. The van der Waals surface area contributed by atoms with Gasteiger partial charge >= 0.3 is 5.97 Å². The summed E-state index contributed by atoms with van der Waals surface area (Å²) in [5.41, 5.74) is 2.20. The van der Waals surface area contributed by atoms with Crippen molar-refractivity contribution in [2.75, 3.05) is 11.9 Å². The Kier molecular flexibility index (Phi) is 6.56. The van der Waals surface area contributed by atoms with E-state index in [9.17, 15) is 14.0 Å². The van der Waals surface area contributed by atoms with Crippen LogP contribution in [0, 0.1) is 12.7 Å². The largest absolute Gasteiger partial charge is 0.456 e. The second kappa shape index (κ2) is 9.29. The Bertz CT molecular complexity index is 1020. The summed E-state index contributed by atoms with van der Waals surface area (Å²) in [5, 5.41) is 10.2. The monoisotopic (exact) mass is 417 g/mol. The Labute approximate surface area is 170 Å². The molecular formula is C20H17ClFN3O4. The van der Waals surface area contributed by atoms with Gasteiger partial charge < -0.3 is 14.5 Å². The van der Waals surface area contributed by atoms with E-state index in [0.29, 0.717) is 17.5 Å². The topological polar surface area (TPSA) is 94.3 Å². The molecule has 0 spiro atoms. The van der Waals surface area contributed by atoms with Crippen LogP contribution in [0.3, 0.4) is 0 Å². The predicted molar refractivity (Wildman–Crippen MR) is 104 cm³/mol. The van der Waals surface area contributed by atoms with E-state index in [0.717, 1.165) is 17.2 Å². The molecule has 0 atom stereocenters. The van der Waals surface area contributed by atoms with Gasteiger partial charge in [0.2, 0.25) is 11.8 Å². The fourth-order valence-electron chi connectivity index (χ4n) is 2.37. The van der Waals surface area contributed by atoms with E-state index in [2.05, 4.69) is 15.5 Å². The minimum Gasteiger partial charge on any atom is -0.456 e. The molecule has 0 fully saturated rings. The quantitative estimate of drug-likeness (QED) is 0.585. The van der Waals surface area contributed by atoms with Crippen LogP contribution in [-0.4, -0.2) is 28.7 Å². The third-order valence-corrected chi connectivity index (χ3v) is 4.17. The zero-order valence-electron chi connectivity index (χ0n) is 15.4. The SMILES string of the molecule is Cc1ccc(-c2nnc(CCC(=O)OCC(=O)Nc3ccc(F)c(Cl)c3)o2)cc1. The zero-order chi connectivity index (χ0) is 20.8. The van der Waals surface area contributed by atoms with E-state index in [4.69, 9.17) is 20.8 Å². The number of ether oxygens (including phenoxy) is 1. The summed E-state index contributed by atoms with van der Waals surface area (Å²) in [7, 11) is 0. The molecule has 0 saturated heterocycles. The molecule has 0 radical (unpaired) electrons. The van der Waals surface area contributed by atoms with Gasteiger partial charge in [-0.05, 0) is 37.3 Å². The minimum atomic E-state index is -0.595. The molecular weight excluding hydrogens is 401 g/mol. The van der Waals surface area contributed by atoms with Gasteiger partial charge in [-0.1, -0.05) is 29.3 Å². The van der Waals surface area contributed by atoms with Crippen molar-refractivity contribution in [3.63, 3.8) is 0 Å². The molecule has 0 aliphatic rings. The molecule has 3 aromatic rings. The van der Waals surface area contributed by atoms with Crippen molar-refractivity contribution in [1.82, 2.24) is 10.2 Å². The van der Waals surface area contributed by atoms with E-state index in [1.54, 1.807) is 0 Å². The van der Waals surface area contributed by atoms with E-state index in [-0.39, 0.29) is 17.9 Å². The maximum absolute atomic E-state index is 13.1.